The van der Waals surface area contributed by atoms with Gasteiger partial charge in [0.05, 0.1) is 26.4 Å². The van der Waals surface area contributed by atoms with Crippen LogP contribution in [0.1, 0.15) is 90.9 Å². The van der Waals surface area contributed by atoms with Crippen molar-refractivity contribution in [1.29, 1.82) is 0 Å². The molecule has 31 heavy (non-hydrogen) atoms. The van der Waals surface area contributed by atoms with Gasteiger partial charge in [0.1, 0.15) is 0 Å². The van der Waals surface area contributed by atoms with Gasteiger partial charge in [-0.25, -0.2) is 9.13 Å². The first-order valence-corrected chi connectivity index (χ1v) is 14.5. The number of hydrogen-bond donors (Lipinski definition) is 4. The van der Waals surface area contributed by atoms with Gasteiger partial charge in [-0.05, 0) is 12.8 Å². The molecule has 13 heteroatoms. The van der Waals surface area contributed by atoms with Crippen LogP contribution in [0.2, 0.25) is 0 Å². The number of unbranched alkanes of at least 4 members (excludes halogenated alkanes) is 10. The second kappa shape index (κ2) is 26.9. The van der Waals surface area contributed by atoms with Gasteiger partial charge in [-0.1, -0.05) is 78.1 Å². The standard InChI is InChI=1S/C16H36O7P2.C2H6O2.O.Ti/c1-3-5-7-9-11-13-15-21-24(17,18)23-25(19,20)22-16-14-12-10-8-6-4-2;3-1-2-4;;/h3-16H2,1-2H3,(H,17,18)(H,19,20);3-4H,1-2H2;;. The molecule has 0 spiro atoms. The number of rotatable bonds is 19. The van der Waals surface area contributed by atoms with E-state index in [-0.39, 0.29) is 26.4 Å². The van der Waals surface area contributed by atoms with Crippen molar-refractivity contribution >= 4 is 15.6 Å². The average molecular weight is 528 g/mol. The molecular weight excluding hydrogens is 486 g/mol. The molecule has 0 aromatic carbocycles. The molecule has 0 bridgehead atoms. The van der Waals surface area contributed by atoms with Crippen LogP contribution in [0.3, 0.4) is 0 Å². The molecule has 2 unspecified atom stereocenters. The van der Waals surface area contributed by atoms with E-state index in [2.05, 4.69) is 18.2 Å². The van der Waals surface area contributed by atoms with Crippen LogP contribution in [0.4, 0.5) is 0 Å². The number of phosphoric acid groups is 2. The molecule has 0 saturated heterocycles. The molecule has 0 radical (unpaired) electrons. The SMILES string of the molecule is CCCCCCCCOP(=O)(O)OP(=O)(O)OCCCCCCCC.OCCO.[O]=[Ti]. The fourth-order valence-corrected chi connectivity index (χ4v) is 4.44. The van der Waals surface area contributed by atoms with E-state index >= 15 is 0 Å². The molecule has 0 aromatic heterocycles. The number of aliphatic hydroxyl groups excluding tert-OH is 2. The van der Waals surface area contributed by atoms with Gasteiger partial charge in [0.2, 0.25) is 0 Å². The van der Waals surface area contributed by atoms with E-state index in [1.54, 1.807) is 0 Å². The molecule has 0 aromatic rings. The summed E-state index contributed by atoms with van der Waals surface area (Å²) in [5.74, 6) is 0. The van der Waals surface area contributed by atoms with Crippen molar-refractivity contribution < 1.29 is 66.2 Å². The van der Waals surface area contributed by atoms with E-state index in [0.717, 1.165) is 71.8 Å². The summed E-state index contributed by atoms with van der Waals surface area (Å²) in [4.78, 5) is 19.0. The van der Waals surface area contributed by atoms with Gasteiger partial charge < -0.3 is 20.0 Å². The van der Waals surface area contributed by atoms with E-state index in [9.17, 15) is 18.9 Å². The number of aliphatic hydroxyl groups is 2. The fourth-order valence-electron chi connectivity index (χ4n) is 2.30. The normalized spacial score (nSPS) is 14.4. The molecule has 0 saturated carbocycles. The molecule has 10 nitrogen and oxygen atoms in total. The average Bonchev–Trinajstić information content (AvgIpc) is 2.73. The summed E-state index contributed by atoms with van der Waals surface area (Å²) >= 11 is 0.750. The van der Waals surface area contributed by atoms with E-state index in [4.69, 9.17) is 22.6 Å². The summed E-state index contributed by atoms with van der Waals surface area (Å²) in [6.07, 6.45) is 11.9. The summed E-state index contributed by atoms with van der Waals surface area (Å²) in [6.45, 7) is 4.03. The van der Waals surface area contributed by atoms with Crippen molar-refractivity contribution in [2.24, 2.45) is 0 Å². The van der Waals surface area contributed by atoms with Crippen LogP contribution in [0.5, 0.6) is 0 Å². The Hall–Kier alpha value is 0.694. The zero-order valence-corrected chi connectivity index (χ0v) is 22.3. The van der Waals surface area contributed by atoms with Gasteiger partial charge >= 0.3 is 39.4 Å². The van der Waals surface area contributed by atoms with E-state index < -0.39 is 15.6 Å². The van der Waals surface area contributed by atoms with Crippen LogP contribution in [-0.4, -0.2) is 46.4 Å². The molecule has 0 heterocycles. The molecule has 188 valence electrons. The Kier molecular flexibility index (Phi) is 31.5. The van der Waals surface area contributed by atoms with Gasteiger partial charge in [-0.2, -0.15) is 4.31 Å². The van der Waals surface area contributed by atoms with E-state index in [1.807, 2.05) is 0 Å². The van der Waals surface area contributed by atoms with Gasteiger partial charge in [0, 0.05) is 0 Å². The van der Waals surface area contributed by atoms with E-state index in [1.165, 1.54) is 12.8 Å². The molecule has 0 aliphatic heterocycles. The summed E-state index contributed by atoms with van der Waals surface area (Å²) in [5.41, 5.74) is 0. The van der Waals surface area contributed by atoms with Crippen molar-refractivity contribution in [3.05, 3.63) is 0 Å². The Morgan fingerprint density at radius 3 is 1.19 bits per heavy atom. The summed E-state index contributed by atoms with van der Waals surface area (Å²) in [6, 6.07) is 0. The van der Waals surface area contributed by atoms with Gasteiger partial charge in [-0.3, -0.25) is 9.05 Å². The Balaban J connectivity index is -0.00000116. The van der Waals surface area contributed by atoms with Crippen molar-refractivity contribution in [1.82, 2.24) is 0 Å². The Morgan fingerprint density at radius 1 is 0.613 bits per heavy atom. The molecule has 4 N–H and O–H groups in total. The zero-order chi connectivity index (χ0) is 24.4. The monoisotopic (exact) mass is 528 g/mol. The molecule has 0 fully saturated rings. The first-order chi connectivity index (χ1) is 14.7. The molecule has 0 aliphatic carbocycles. The molecule has 2 atom stereocenters. The molecule has 0 amide bonds. The Morgan fingerprint density at radius 2 is 0.903 bits per heavy atom. The molecule has 0 aliphatic rings. The van der Waals surface area contributed by atoms with Crippen LogP contribution in [0.15, 0.2) is 0 Å². The Bertz CT molecular complexity index is 419. The zero-order valence-electron chi connectivity index (χ0n) is 18.9. The van der Waals surface area contributed by atoms with Gasteiger partial charge in [0.15, 0.2) is 0 Å². The second-order valence-electron chi connectivity index (χ2n) is 6.67. The third-order valence-electron chi connectivity index (χ3n) is 3.81. The summed E-state index contributed by atoms with van der Waals surface area (Å²) in [5, 5.41) is 15.2. The minimum absolute atomic E-state index is 0.0112. The second-order valence-corrected chi connectivity index (χ2v) is 9.71. The van der Waals surface area contributed by atoms with Crippen LogP contribution >= 0.6 is 15.6 Å². The maximum absolute atomic E-state index is 11.7. The third-order valence-corrected chi connectivity index (χ3v) is 6.48. The first-order valence-electron chi connectivity index (χ1n) is 10.8. The fraction of sp³-hybridized carbons (Fsp3) is 1.00. The predicted molar refractivity (Wildman–Crippen MR) is 114 cm³/mol. The van der Waals surface area contributed by atoms with Crippen LogP contribution in [-0.2, 0) is 46.2 Å². The van der Waals surface area contributed by atoms with Crippen molar-refractivity contribution in [2.45, 2.75) is 90.9 Å². The minimum atomic E-state index is -4.58. The van der Waals surface area contributed by atoms with Crippen molar-refractivity contribution in [3.63, 3.8) is 0 Å². The number of hydrogen-bond acceptors (Lipinski definition) is 8. The maximum atomic E-state index is 11.7. The van der Waals surface area contributed by atoms with E-state index in [0.29, 0.717) is 12.8 Å². The first kappa shape index (κ1) is 36.3. The quantitative estimate of drug-likeness (QED) is 0.104. The van der Waals surface area contributed by atoms with Crippen molar-refractivity contribution in [3.8, 4) is 0 Å². The summed E-state index contributed by atoms with van der Waals surface area (Å²) < 4.78 is 45.3. The molecule has 0 rings (SSSR count). The molecular formula is C18H42O10P2Ti. The number of phosphoric ester groups is 2. The third kappa shape index (κ3) is 33.0. The summed E-state index contributed by atoms with van der Waals surface area (Å²) in [7, 11) is -9.17. The van der Waals surface area contributed by atoms with Gasteiger partial charge in [-0.15, -0.1) is 0 Å². The van der Waals surface area contributed by atoms with Gasteiger partial charge in [0.25, 0.3) is 0 Å². The Labute approximate surface area is 199 Å². The van der Waals surface area contributed by atoms with Crippen LogP contribution < -0.4 is 0 Å². The predicted octanol–water partition coefficient (Wildman–Crippen LogP) is 4.81. The van der Waals surface area contributed by atoms with Crippen molar-refractivity contribution in [2.75, 3.05) is 26.4 Å². The topological polar surface area (TPSA) is 160 Å². The van der Waals surface area contributed by atoms with Crippen LogP contribution in [0, 0.1) is 0 Å². The van der Waals surface area contributed by atoms with Crippen LogP contribution in [0.25, 0.3) is 0 Å².